The topological polar surface area (TPSA) is 93.2 Å². The Hall–Kier alpha value is -2.19. The minimum Gasteiger partial charge on any atom is -0.482 e. The molecule has 0 saturated carbocycles. The van der Waals surface area contributed by atoms with E-state index in [1.54, 1.807) is 18.2 Å². The van der Waals surface area contributed by atoms with Crippen LogP contribution in [0.3, 0.4) is 0 Å². The van der Waals surface area contributed by atoms with Gasteiger partial charge < -0.3 is 15.4 Å². The molecule has 1 aromatic carbocycles. The van der Waals surface area contributed by atoms with Crippen molar-refractivity contribution in [2.45, 2.75) is 0 Å². The summed E-state index contributed by atoms with van der Waals surface area (Å²) >= 11 is 6.60. The zero-order chi connectivity index (χ0) is 14.1. The van der Waals surface area contributed by atoms with Crippen LogP contribution in [0.4, 0.5) is 11.4 Å². The van der Waals surface area contributed by atoms with E-state index < -0.39 is 5.91 Å². The van der Waals surface area contributed by atoms with Crippen LogP contribution in [0, 0.1) is 0 Å². The number of aromatic nitrogens is 2. The average molecular weight is 311 g/mol. The van der Waals surface area contributed by atoms with Crippen LogP contribution in [-0.4, -0.2) is 28.6 Å². The van der Waals surface area contributed by atoms with Gasteiger partial charge in [0.05, 0.1) is 5.69 Å². The minimum atomic E-state index is -0.419. The van der Waals surface area contributed by atoms with E-state index in [9.17, 15) is 9.59 Å². The Morgan fingerprint density at radius 2 is 2.30 bits per heavy atom. The number of ether oxygens (including phenoxy) is 1. The van der Waals surface area contributed by atoms with Crippen LogP contribution in [0.25, 0.3) is 0 Å². The highest BCUT2D eigenvalue weighted by atomic mass is 35.5. The molecule has 1 aliphatic heterocycles. The molecular formula is C11H7ClN4O3S. The minimum absolute atomic E-state index is 0.0119. The number of amides is 2. The summed E-state index contributed by atoms with van der Waals surface area (Å²) in [6.07, 6.45) is 0. The summed E-state index contributed by atoms with van der Waals surface area (Å²) in [5.74, 6) is -0.101. The van der Waals surface area contributed by atoms with E-state index in [2.05, 4.69) is 20.8 Å². The molecule has 0 bridgehead atoms. The van der Waals surface area contributed by atoms with Gasteiger partial charge >= 0.3 is 0 Å². The predicted octanol–water partition coefficient (Wildman–Crippen LogP) is 1.77. The van der Waals surface area contributed by atoms with E-state index in [4.69, 9.17) is 16.3 Å². The summed E-state index contributed by atoms with van der Waals surface area (Å²) in [6, 6.07) is 4.93. The lowest BCUT2D eigenvalue weighted by atomic mass is 10.2. The Morgan fingerprint density at radius 1 is 1.45 bits per heavy atom. The first kappa shape index (κ1) is 12.8. The Kier molecular flexibility index (Phi) is 3.25. The van der Waals surface area contributed by atoms with Crippen LogP contribution in [0.15, 0.2) is 18.2 Å². The monoisotopic (exact) mass is 310 g/mol. The number of hydrogen-bond acceptors (Lipinski definition) is 6. The zero-order valence-corrected chi connectivity index (χ0v) is 11.4. The van der Waals surface area contributed by atoms with Gasteiger partial charge in [-0.05, 0) is 29.8 Å². The maximum absolute atomic E-state index is 11.9. The fourth-order valence-corrected chi connectivity index (χ4v) is 2.37. The third-order valence-corrected chi connectivity index (χ3v) is 3.48. The maximum Gasteiger partial charge on any atom is 0.286 e. The number of hydrogen-bond donors (Lipinski definition) is 2. The highest BCUT2D eigenvalue weighted by Gasteiger charge is 2.17. The quantitative estimate of drug-likeness (QED) is 0.882. The number of rotatable bonds is 2. The lowest BCUT2D eigenvalue weighted by Crippen LogP contribution is -2.25. The summed E-state index contributed by atoms with van der Waals surface area (Å²) in [5, 5.41) is 12.7. The Bertz CT molecular complexity index is 703. The molecule has 20 heavy (non-hydrogen) atoms. The molecule has 9 heteroatoms. The molecule has 2 aromatic rings. The Morgan fingerprint density at radius 3 is 3.05 bits per heavy atom. The summed E-state index contributed by atoms with van der Waals surface area (Å²) in [6.45, 7) is -0.0119. The van der Waals surface area contributed by atoms with Gasteiger partial charge in [0.1, 0.15) is 5.75 Å². The van der Waals surface area contributed by atoms with E-state index in [0.717, 1.165) is 11.3 Å². The molecule has 0 aliphatic carbocycles. The van der Waals surface area contributed by atoms with Crippen molar-refractivity contribution in [3.05, 3.63) is 27.7 Å². The van der Waals surface area contributed by atoms with E-state index in [-0.39, 0.29) is 22.0 Å². The molecule has 1 aromatic heterocycles. The van der Waals surface area contributed by atoms with Gasteiger partial charge in [-0.2, -0.15) is 0 Å². The predicted molar refractivity (Wildman–Crippen MR) is 73.4 cm³/mol. The summed E-state index contributed by atoms with van der Waals surface area (Å²) < 4.78 is 5.42. The van der Waals surface area contributed by atoms with Gasteiger partial charge in [-0.15, -0.1) is 10.2 Å². The molecule has 2 amide bonds. The molecule has 0 unspecified atom stereocenters. The highest BCUT2D eigenvalue weighted by molar-refractivity contribution is 7.17. The number of halogens is 1. The molecule has 0 spiro atoms. The number of benzene rings is 1. The number of anilines is 2. The molecular weight excluding hydrogens is 304 g/mol. The molecule has 7 nitrogen and oxygen atoms in total. The van der Waals surface area contributed by atoms with E-state index in [1.165, 1.54) is 0 Å². The first-order chi connectivity index (χ1) is 9.61. The third kappa shape index (κ3) is 2.56. The fourth-order valence-electron chi connectivity index (χ4n) is 1.64. The summed E-state index contributed by atoms with van der Waals surface area (Å²) in [4.78, 5) is 23.1. The fraction of sp³-hybridized carbons (Fsp3) is 0.0909. The molecule has 2 heterocycles. The van der Waals surface area contributed by atoms with Crippen LogP contribution in [-0.2, 0) is 4.79 Å². The first-order valence-electron chi connectivity index (χ1n) is 5.49. The number of carbonyl (C=O) groups excluding carboxylic acids is 2. The number of nitrogens with zero attached hydrogens (tertiary/aromatic N) is 2. The second-order valence-corrected chi connectivity index (χ2v) is 5.42. The number of nitrogens with one attached hydrogen (secondary N) is 2. The van der Waals surface area contributed by atoms with Gasteiger partial charge in [-0.3, -0.25) is 9.59 Å². The van der Waals surface area contributed by atoms with Crippen molar-refractivity contribution in [2.24, 2.45) is 0 Å². The van der Waals surface area contributed by atoms with Crippen molar-refractivity contribution < 1.29 is 14.3 Å². The molecule has 3 rings (SSSR count). The molecule has 2 N–H and O–H groups in total. The first-order valence-corrected chi connectivity index (χ1v) is 6.68. The van der Waals surface area contributed by atoms with Crippen LogP contribution >= 0.6 is 22.9 Å². The molecule has 0 fully saturated rings. The smallest absolute Gasteiger partial charge is 0.286 e. The van der Waals surface area contributed by atoms with Crippen LogP contribution in [0.5, 0.6) is 5.75 Å². The second kappa shape index (κ2) is 5.06. The number of carbonyl (C=O) groups is 2. The van der Waals surface area contributed by atoms with Gasteiger partial charge in [-0.1, -0.05) is 11.3 Å². The van der Waals surface area contributed by atoms with Gasteiger partial charge in [-0.25, -0.2) is 0 Å². The zero-order valence-electron chi connectivity index (χ0n) is 9.84. The van der Waals surface area contributed by atoms with Crippen molar-refractivity contribution in [3.63, 3.8) is 0 Å². The average Bonchev–Trinajstić information content (AvgIpc) is 2.85. The highest BCUT2D eigenvalue weighted by Crippen LogP contribution is 2.30. The third-order valence-electron chi connectivity index (χ3n) is 2.46. The largest absolute Gasteiger partial charge is 0.482 e. The SMILES string of the molecule is O=C1COc2ccc(NC(=O)c3nnc(Cl)s3)cc2N1. The maximum atomic E-state index is 11.9. The van der Waals surface area contributed by atoms with E-state index in [0.29, 0.717) is 17.1 Å². The second-order valence-electron chi connectivity index (χ2n) is 3.86. The van der Waals surface area contributed by atoms with Crippen molar-refractivity contribution in [2.75, 3.05) is 17.2 Å². The Balaban J connectivity index is 1.80. The summed E-state index contributed by atoms with van der Waals surface area (Å²) in [5.41, 5.74) is 1.01. The Labute approximate surface area is 121 Å². The van der Waals surface area contributed by atoms with Crippen molar-refractivity contribution in [1.82, 2.24) is 10.2 Å². The van der Waals surface area contributed by atoms with Crippen LogP contribution < -0.4 is 15.4 Å². The van der Waals surface area contributed by atoms with Gasteiger partial charge in [0, 0.05) is 5.69 Å². The molecule has 0 saturated heterocycles. The molecule has 0 atom stereocenters. The molecule has 102 valence electrons. The van der Waals surface area contributed by atoms with Crippen LogP contribution in [0.1, 0.15) is 9.80 Å². The van der Waals surface area contributed by atoms with E-state index in [1.807, 2.05) is 0 Å². The molecule has 1 aliphatic rings. The lowest BCUT2D eigenvalue weighted by Gasteiger charge is -2.18. The van der Waals surface area contributed by atoms with Crippen molar-refractivity contribution >= 4 is 46.1 Å². The van der Waals surface area contributed by atoms with Crippen molar-refractivity contribution in [3.8, 4) is 5.75 Å². The number of fused-ring (bicyclic) bond motifs is 1. The van der Waals surface area contributed by atoms with E-state index >= 15 is 0 Å². The van der Waals surface area contributed by atoms with Gasteiger partial charge in [0.2, 0.25) is 9.47 Å². The standard InChI is InChI=1S/C11H7ClN4O3S/c12-11-16-15-10(20-11)9(18)13-5-1-2-7-6(3-5)14-8(17)4-19-7/h1-3H,4H2,(H,13,18)(H,14,17). The molecule has 0 radical (unpaired) electrons. The summed E-state index contributed by atoms with van der Waals surface area (Å²) in [7, 11) is 0. The van der Waals surface area contributed by atoms with Crippen molar-refractivity contribution in [1.29, 1.82) is 0 Å². The lowest BCUT2D eigenvalue weighted by molar-refractivity contribution is -0.118. The van der Waals surface area contributed by atoms with Gasteiger partial charge in [0.25, 0.3) is 11.8 Å². The van der Waals surface area contributed by atoms with Gasteiger partial charge in [0.15, 0.2) is 6.61 Å². The normalized spacial score (nSPS) is 13.2. The van der Waals surface area contributed by atoms with Crippen LogP contribution in [0.2, 0.25) is 4.47 Å².